The van der Waals surface area contributed by atoms with Crippen molar-refractivity contribution in [2.45, 2.75) is 103 Å². The molecule has 0 spiro atoms. The number of benzene rings is 1. The fraction of sp³-hybridized carbons (Fsp3) is 0.633. The fourth-order valence-corrected chi connectivity index (χ4v) is 5.49. The van der Waals surface area contributed by atoms with E-state index >= 15 is 0 Å². The first-order chi connectivity index (χ1) is 19.0. The predicted octanol–water partition coefficient (Wildman–Crippen LogP) is 2.22. The number of hydrogen-bond acceptors (Lipinski definition) is 5. The number of rotatable bonds is 10. The molecule has 3 atom stereocenters. The van der Waals surface area contributed by atoms with Gasteiger partial charge in [-0.3, -0.25) is 19.2 Å². The zero-order valence-corrected chi connectivity index (χ0v) is 24.2. The van der Waals surface area contributed by atoms with Crippen LogP contribution in [0.2, 0.25) is 0 Å². The average Bonchev–Trinajstić information content (AvgIpc) is 3.40. The van der Waals surface area contributed by atoms with Crippen molar-refractivity contribution in [1.82, 2.24) is 20.9 Å². The van der Waals surface area contributed by atoms with Crippen LogP contribution in [0.3, 0.4) is 0 Å². The Hall–Kier alpha value is -3.43. The Bertz CT molecular complexity index is 1060. The fourth-order valence-electron chi connectivity index (χ4n) is 5.49. The highest BCUT2D eigenvalue weighted by Crippen LogP contribution is 2.34. The number of fused-ring (bicyclic) bond motifs is 1. The van der Waals surface area contributed by atoms with Crippen molar-refractivity contribution in [3.05, 3.63) is 35.4 Å². The van der Waals surface area contributed by atoms with Crippen LogP contribution in [0.15, 0.2) is 24.3 Å². The third-order valence-corrected chi connectivity index (χ3v) is 7.51. The number of Topliss-reactive ketones (excluding diaryl/α,β-unsaturated/α-hetero) is 1. The van der Waals surface area contributed by atoms with Crippen LogP contribution >= 0.6 is 0 Å². The number of carbonyl (C=O) groups excluding carboxylic acids is 5. The Morgan fingerprint density at radius 3 is 2.08 bits per heavy atom. The molecule has 40 heavy (non-hydrogen) atoms. The molecule has 1 heterocycles. The van der Waals surface area contributed by atoms with Gasteiger partial charge in [0.1, 0.15) is 12.1 Å². The van der Waals surface area contributed by atoms with E-state index in [9.17, 15) is 24.0 Å². The SMILES string of the molecule is CC(C)NC(=O)N[C@H](C(=O)N1CCC[C@H]1C(=O)NC(CC1CC1)C(=O)C(N)=O)C1Cc2ccccc2C1.CCC. The molecule has 1 aromatic rings. The molecule has 3 aliphatic rings. The van der Waals surface area contributed by atoms with E-state index in [0.717, 1.165) is 24.0 Å². The van der Waals surface area contributed by atoms with E-state index in [4.69, 9.17) is 5.73 Å². The predicted molar refractivity (Wildman–Crippen MR) is 152 cm³/mol. The Morgan fingerprint density at radius 1 is 0.950 bits per heavy atom. The second-order valence-corrected chi connectivity index (χ2v) is 11.6. The highest BCUT2D eigenvalue weighted by Gasteiger charge is 2.43. The second-order valence-electron chi connectivity index (χ2n) is 11.6. The van der Waals surface area contributed by atoms with Crippen molar-refractivity contribution >= 4 is 29.5 Å². The van der Waals surface area contributed by atoms with Gasteiger partial charge in [-0.1, -0.05) is 57.4 Å². The average molecular weight is 556 g/mol. The molecule has 1 unspecified atom stereocenters. The van der Waals surface area contributed by atoms with Gasteiger partial charge in [0.05, 0.1) is 6.04 Å². The van der Waals surface area contributed by atoms with E-state index in [1.807, 2.05) is 38.1 Å². The van der Waals surface area contributed by atoms with Gasteiger partial charge in [-0.2, -0.15) is 0 Å². The molecule has 5 amide bonds. The van der Waals surface area contributed by atoms with E-state index in [2.05, 4.69) is 29.8 Å². The molecule has 1 saturated carbocycles. The van der Waals surface area contributed by atoms with Gasteiger partial charge in [0.15, 0.2) is 0 Å². The maximum Gasteiger partial charge on any atom is 0.315 e. The van der Waals surface area contributed by atoms with Crippen LogP contribution in [-0.2, 0) is 32.0 Å². The van der Waals surface area contributed by atoms with Gasteiger partial charge < -0.3 is 26.6 Å². The molecule has 1 saturated heterocycles. The summed E-state index contributed by atoms with van der Waals surface area (Å²) in [6, 6.07) is 4.89. The van der Waals surface area contributed by atoms with Crippen molar-refractivity contribution in [2.24, 2.45) is 17.6 Å². The van der Waals surface area contributed by atoms with Crippen LogP contribution in [-0.4, -0.2) is 65.1 Å². The quantitative estimate of drug-likeness (QED) is 0.327. The number of ketones is 1. The topological polar surface area (TPSA) is 151 Å². The Labute approximate surface area is 237 Å². The van der Waals surface area contributed by atoms with Gasteiger partial charge in [0.25, 0.3) is 5.91 Å². The van der Waals surface area contributed by atoms with Crippen LogP contribution in [0, 0.1) is 11.8 Å². The maximum absolute atomic E-state index is 13.9. The summed E-state index contributed by atoms with van der Waals surface area (Å²) >= 11 is 0. The van der Waals surface area contributed by atoms with E-state index in [0.29, 0.717) is 38.6 Å². The molecule has 0 aromatic heterocycles. The third kappa shape index (κ3) is 8.29. The third-order valence-electron chi connectivity index (χ3n) is 7.51. The van der Waals surface area contributed by atoms with Crippen molar-refractivity contribution < 1.29 is 24.0 Å². The Morgan fingerprint density at radius 2 is 1.55 bits per heavy atom. The van der Waals surface area contributed by atoms with Gasteiger partial charge in [-0.05, 0) is 68.9 Å². The minimum atomic E-state index is -1.08. The normalized spacial score (nSPS) is 19.6. The molecular weight excluding hydrogens is 510 g/mol. The Kier molecular flexibility index (Phi) is 11.1. The van der Waals surface area contributed by atoms with E-state index in [1.165, 1.54) is 11.3 Å². The van der Waals surface area contributed by atoms with Crippen LogP contribution in [0.4, 0.5) is 4.79 Å². The number of nitrogens with zero attached hydrogens (tertiary/aromatic N) is 1. The Balaban J connectivity index is 0.00000141. The number of urea groups is 1. The lowest BCUT2D eigenvalue weighted by molar-refractivity contribution is -0.142. The lowest BCUT2D eigenvalue weighted by atomic mass is 9.94. The van der Waals surface area contributed by atoms with Crippen LogP contribution in [0.5, 0.6) is 0 Å². The summed E-state index contributed by atoms with van der Waals surface area (Å²) in [7, 11) is 0. The minimum absolute atomic E-state index is 0.104. The van der Waals surface area contributed by atoms with Crippen LogP contribution < -0.4 is 21.7 Å². The molecule has 4 rings (SSSR count). The summed E-state index contributed by atoms with van der Waals surface area (Å²) in [4.78, 5) is 65.2. The molecule has 5 N–H and O–H groups in total. The summed E-state index contributed by atoms with van der Waals surface area (Å²) in [5.41, 5.74) is 7.52. The number of nitrogens with two attached hydrogens (primary N) is 1. The first-order valence-corrected chi connectivity index (χ1v) is 14.6. The number of likely N-dealkylation sites (tertiary alicyclic amines) is 1. The number of primary amides is 1. The second kappa shape index (κ2) is 14.3. The summed E-state index contributed by atoms with van der Waals surface area (Å²) in [5, 5.41) is 8.37. The van der Waals surface area contributed by atoms with Gasteiger partial charge in [-0.15, -0.1) is 0 Å². The van der Waals surface area contributed by atoms with E-state index in [-0.39, 0.29) is 23.8 Å². The first-order valence-electron chi connectivity index (χ1n) is 14.6. The van der Waals surface area contributed by atoms with E-state index < -0.39 is 41.8 Å². The minimum Gasteiger partial charge on any atom is -0.363 e. The molecule has 2 fully saturated rings. The van der Waals surface area contributed by atoms with Crippen LogP contribution in [0.25, 0.3) is 0 Å². The summed E-state index contributed by atoms with van der Waals surface area (Å²) in [6.45, 7) is 8.31. The molecule has 2 aliphatic carbocycles. The highest BCUT2D eigenvalue weighted by atomic mass is 16.2. The maximum atomic E-state index is 13.9. The molecule has 1 aliphatic heterocycles. The molecule has 220 valence electrons. The number of amides is 5. The number of nitrogens with one attached hydrogen (secondary N) is 3. The lowest BCUT2D eigenvalue weighted by Crippen LogP contribution is -2.59. The van der Waals surface area contributed by atoms with Gasteiger partial charge >= 0.3 is 6.03 Å². The standard InChI is InChI=1S/C27H37N5O5.C3H8/c1-15(2)29-27(37)31-22(19-13-17-6-3-4-7-18(17)14-19)26(36)32-11-5-8-21(32)25(35)30-20(12-16-9-10-16)23(33)24(28)34;1-3-2/h3-4,6-7,15-16,19-22H,5,8-14H2,1-2H3,(H2,28,34)(H,30,35)(H2,29,31,37);3H2,1-2H3/t20?,21-,22-;/m0./s1. The highest BCUT2D eigenvalue weighted by molar-refractivity contribution is 6.37. The van der Waals surface area contributed by atoms with Crippen molar-refractivity contribution in [1.29, 1.82) is 0 Å². The van der Waals surface area contributed by atoms with E-state index in [1.54, 1.807) is 0 Å². The van der Waals surface area contributed by atoms with Crippen molar-refractivity contribution in [3.8, 4) is 0 Å². The summed E-state index contributed by atoms with van der Waals surface area (Å²) in [6.07, 6.45) is 5.87. The van der Waals surface area contributed by atoms with Crippen molar-refractivity contribution in [3.63, 3.8) is 0 Å². The zero-order valence-electron chi connectivity index (χ0n) is 24.2. The van der Waals surface area contributed by atoms with Crippen LogP contribution in [0.1, 0.15) is 77.3 Å². The summed E-state index contributed by atoms with van der Waals surface area (Å²) < 4.78 is 0. The largest absolute Gasteiger partial charge is 0.363 e. The molecule has 1 aromatic carbocycles. The molecular formula is C30H45N5O5. The first kappa shape index (κ1) is 31.1. The van der Waals surface area contributed by atoms with Gasteiger partial charge in [-0.25, -0.2) is 4.79 Å². The molecule has 0 bridgehead atoms. The van der Waals surface area contributed by atoms with Gasteiger partial charge in [0, 0.05) is 12.6 Å². The molecule has 0 radical (unpaired) electrons. The number of carbonyl (C=O) groups is 5. The number of hydrogen-bond donors (Lipinski definition) is 4. The van der Waals surface area contributed by atoms with Crippen molar-refractivity contribution in [2.75, 3.05) is 6.54 Å². The monoisotopic (exact) mass is 555 g/mol. The molecule has 10 nitrogen and oxygen atoms in total. The summed E-state index contributed by atoms with van der Waals surface area (Å²) in [5.74, 6) is -2.53. The van der Waals surface area contributed by atoms with Gasteiger partial charge in [0.2, 0.25) is 17.6 Å². The molecule has 10 heteroatoms. The smallest absolute Gasteiger partial charge is 0.315 e. The lowest BCUT2D eigenvalue weighted by Gasteiger charge is -2.32. The zero-order chi connectivity index (χ0) is 29.4.